The van der Waals surface area contributed by atoms with Gasteiger partial charge in [-0.15, -0.1) is 0 Å². The van der Waals surface area contributed by atoms with Gasteiger partial charge in [0, 0.05) is 12.1 Å². The minimum atomic E-state index is -0.224. The minimum Gasteiger partial charge on any atom is -0.480 e. The summed E-state index contributed by atoms with van der Waals surface area (Å²) in [5.41, 5.74) is 0.636. The summed E-state index contributed by atoms with van der Waals surface area (Å²) < 4.78 is 5.47. The van der Waals surface area contributed by atoms with E-state index in [1.54, 1.807) is 18.2 Å². The second kappa shape index (κ2) is 8.92. The van der Waals surface area contributed by atoms with Crippen LogP contribution in [0.5, 0.6) is 5.75 Å². The van der Waals surface area contributed by atoms with E-state index in [2.05, 4.69) is 10.2 Å². The predicted molar refractivity (Wildman–Crippen MR) is 114 cm³/mol. The molecule has 0 atom stereocenters. The summed E-state index contributed by atoms with van der Waals surface area (Å²) in [5, 5.41) is 3.61. The van der Waals surface area contributed by atoms with E-state index in [4.69, 9.17) is 16.3 Å². The van der Waals surface area contributed by atoms with Crippen LogP contribution >= 0.6 is 11.6 Å². The van der Waals surface area contributed by atoms with Gasteiger partial charge in [-0.1, -0.05) is 43.4 Å². The lowest BCUT2D eigenvalue weighted by Gasteiger charge is -2.48. The molecule has 158 valence electrons. The predicted octanol–water partition coefficient (Wildman–Crippen LogP) is 3.37. The van der Waals surface area contributed by atoms with E-state index in [1.807, 2.05) is 0 Å². The number of rotatable bonds is 5. The molecule has 3 aliphatic rings. The number of hydrogen-bond donors (Lipinski definition) is 1. The molecule has 6 nitrogen and oxygen atoms in total. The van der Waals surface area contributed by atoms with Crippen LogP contribution in [0.3, 0.4) is 0 Å². The van der Waals surface area contributed by atoms with Gasteiger partial charge in [0.2, 0.25) is 5.91 Å². The van der Waals surface area contributed by atoms with Crippen molar-refractivity contribution >= 4 is 29.1 Å². The molecule has 2 aliphatic heterocycles. The lowest BCUT2D eigenvalue weighted by molar-refractivity contribution is -0.125. The van der Waals surface area contributed by atoms with Crippen LogP contribution in [0.25, 0.3) is 0 Å². The first-order valence-corrected chi connectivity index (χ1v) is 11.2. The van der Waals surface area contributed by atoms with Gasteiger partial charge in [-0.3, -0.25) is 19.4 Å². The number of benzene rings is 1. The maximum Gasteiger partial charge on any atom is 0.265 e. The molecule has 0 radical (unpaired) electrons. The fourth-order valence-electron chi connectivity index (χ4n) is 5.02. The first-order chi connectivity index (χ1) is 14.1. The second-order valence-corrected chi connectivity index (χ2v) is 8.87. The lowest BCUT2D eigenvalue weighted by Crippen LogP contribution is -2.59. The number of carbonyl (C=O) groups is 2. The lowest BCUT2D eigenvalue weighted by atomic mass is 9.79. The number of fused-ring (bicyclic) bond motifs is 1. The number of hydrogen-bond acceptors (Lipinski definition) is 4. The first-order valence-electron chi connectivity index (χ1n) is 10.8. The van der Waals surface area contributed by atoms with Crippen LogP contribution in [-0.4, -0.2) is 55.0 Å². The van der Waals surface area contributed by atoms with Crippen molar-refractivity contribution in [3.05, 3.63) is 23.2 Å². The summed E-state index contributed by atoms with van der Waals surface area (Å²) in [6.45, 7) is 2.81. The zero-order valence-corrected chi connectivity index (χ0v) is 17.7. The Hall–Kier alpha value is -1.79. The van der Waals surface area contributed by atoms with Crippen LogP contribution < -0.4 is 15.0 Å². The van der Waals surface area contributed by atoms with Crippen molar-refractivity contribution in [3.63, 3.8) is 0 Å². The Bertz CT molecular complexity index is 758. The van der Waals surface area contributed by atoms with E-state index in [-0.39, 0.29) is 30.5 Å². The van der Waals surface area contributed by atoms with Crippen molar-refractivity contribution in [1.82, 2.24) is 10.2 Å². The molecule has 0 aromatic heterocycles. The molecule has 1 aliphatic carbocycles. The van der Waals surface area contributed by atoms with Crippen molar-refractivity contribution in [3.8, 4) is 5.75 Å². The smallest absolute Gasteiger partial charge is 0.265 e. The van der Waals surface area contributed by atoms with Crippen molar-refractivity contribution in [1.29, 1.82) is 0 Å². The van der Waals surface area contributed by atoms with Crippen LogP contribution in [-0.2, 0) is 9.59 Å². The normalized spacial score (nSPS) is 22.0. The molecule has 0 unspecified atom stereocenters. The average Bonchev–Trinajstić information content (AvgIpc) is 2.76. The molecule has 29 heavy (non-hydrogen) atoms. The van der Waals surface area contributed by atoms with Crippen molar-refractivity contribution in [2.45, 2.75) is 56.9 Å². The van der Waals surface area contributed by atoms with Gasteiger partial charge in [0.15, 0.2) is 12.4 Å². The molecular weight excluding hydrogens is 390 g/mol. The SMILES string of the molecule is O=C(CN1C(=O)COc2c(Cl)cccc21)NCC1(N2CCCCC2)CCCCC1. The van der Waals surface area contributed by atoms with Gasteiger partial charge < -0.3 is 10.1 Å². The van der Waals surface area contributed by atoms with E-state index in [1.165, 1.54) is 43.4 Å². The number of nitrogens with one attached hydrogen (secondary N) is 1. The van der Waals surface area contributed by atoms with Crippen LogP contribution in [0.2, 0.25) is 5.02 Å². The van der Waals surface area contributed by atoms with Gasteiger partial charge in [-0.2, -0.15) is 0 Å². The molecule has 2 amide bonds. The summed E-state index contributed by atoms with van der Waals surface area (Å²) in [5.74, 6) is 0.116. The van der Waals surface area contributed by atoms with Gasteiger partial charge in [0.25, 0.3) is 5.91 Å². The number of likely N-dealkylation sites (tertiary alicyclic amines) is 1. The molecule has 2 heterocycles. The van der Waals surface area contributed by atoms with Crippen molar-refractivity contribution in [2.24, 2.45) is 0 Å². The van der Waals surface area contributed by atoms with E-state index in [0.717, 1.165) is 25.9 Å². The van der Waals surface area contributed by atoms with Gasteiger partial charge in [0.05, 0.1) is 10.7 Å². The quantitative estimate of drug-likeness (QED) is 0.794. The van der Waals surface area contributed by atoms with Gasteiger partial charge in [0.1, 0.15) is 6.54 Å². The monoisotopic (exact) mass is 419 g/mol. The molecule has 0 bridgehead atoms. The highest BCUT2D eigenvalue weighted by Crippen LogP contribution is 2.38. The first kappa shape index (κ1) is 20.5. The Morgan fingerprint density at radius 2 is 1.83 bits per heavy atom. The number of nitrogens with zero attached hydrogens (tertiary/aromatic N) is 2. The Morgan fingerprint density at radius 3 is 2.59 bits per heavy atom. The number of ether oxygens (including phenoxy) is 1. The summed E-state index contributed by atoms with van der Waals surface area (Å²) in [4.78, 5) is 29.3. The van der Waals surface area contributed by atoms with E-state index < -0.39 is 0 Å². The third-order valence-corrected chi connectivity index (χ3v) is 6.90. The maximum atomic E-state index is 12.8. The number of halogens is 1. The summed E-state index contributed by atoms with van der Waals surface area (Å²) >= 11 is 6.19. The molecule has 1 saturated carbocycles. The number of piperidine rings is 1. The fraction of sp³-hybridized carbons (Fsp3) is 0.636. The standard InChI is InChI=1S/C22H30ClN3O3/c23-17-8-7-9-18-21(17)29-15-20(28)26(18)14-19(27)24-16-22(10-3-1-4-11-22)25-12-5-2-6-13-25/h7-9H,1-6,10-16H2,(H,24,27). The van der Waals surface area contributed by atoms with Crippen LogP contribution in [0.4, 0.5) is 5.69 Å². The van der Waals surface area contributed by atoms with Gasteiger partial charge >= 0.3 is 0 Å². The summed E-state index contributed by atoms with van der Waals surface area (Å²) in [7, 11) is 0. The second-order valence-electron chi connectivity index (χ2n) is 8.47. The largest absolute Gasteiger partial charge is 0.480 e. The van der Waals surface area contributed by atoms with Crippen molar-refractivity contribution < 1.29 is 14.3 Å². The summed E-state index contributed by atoms with van der Waals surface area (Å²) in [6, 6.07) is 5.25. The highest BCUT2D eigenvalue weighted by Gasteiger charge is 2.39. The molecular formula is C22H30ClN3O3. The average molecular weight is 420 g/mol. The van der Waals surface area contributed by atoms with Gasteiger partial charge in [-0.25, -0.2) is 0 Å². The van der Waals surface area contributed by atoms with E-state index >= 15 is 0 Å². The Labute approximate surface area is 177 Å². The Balaban J connectivity index is 1.43. The number of anilines is 1. The number of amides is 2. The topological polar surface area (TPSA) is 61.9 Å². The van der Waals surface area contributed by atoms with Gasteiger partial charge in [-0.05, 0) is 50.9 Å². The van der Waals surface area contributed by atoms with E-state index in [9.17, 15) is 9.59 Å². The zero-order chi connectivity index (χ0) is 20.3. The molecule has 2 fully saturated rings. The van der Waals surface area contributed by atoms with Crippen LogP contribution in [0.15, 0.2) is 18.2 Å². The van der Waals surface area contributed by atoms with E-state index in [0.29, 0.717) is 23.0 Å². The Morgan fingerprint density at radius 1 is 1.10 bits per heavy atom. The number of para-hydroxylation sites is 1. The highest BCUT2D eigenvalue weighted by molar-refractivity contribution is 6.32. The summed E-state index contributed by atoms with van der Waals surface area (Å²) in [6.07, 6.45) is 9.80. The van der Waals surface area contributed by atoms with Crippen LogP contribution in [0.1, 0.15) is 51.4 Å². The molecule has 7 heteroatoms. The minimum absolute atomic E-state index is 0.00832. The molecule has 1 N–H and O–H groups in total. The van der Waals surface area contributed by atoms with Crippen LogP contribution in [0, 0.1) is 0 Å². The molecule has 1 aromatic rings. The maximum absolute atomic E-state index is 12.8. The third kappa shape index (κ3) is 4.38. The third-order valence-electron chi connectivity index (χ3n) is 6.61. The molecule has 1 saturated heterocycles. The molecule has 1 aromatic carbocycles. The highest BCUT2D eigenvalue weighted by atomic mass is 35.5. The van der Waals surface area contributed by atoms with Crippen molar-refractivity contribution in [2.75, 3.05) is 37.7 Å². The molecule has 4 rings (SSSR count). The number of carbonyl (C=O) groups excluding carboxylic acids is 2. The Kier molecular flexibility index (Phi) is 6.30. The molecule has 0 spiro atoms. The zero-order valence-electron chi connectivity index (χ0n) is 16.9. The fourth-order valence-corrected chi connectivity index (χ4v) is 5.24.